The first-order chi connectivity index (χ1) is 22.3. The summed E-state index contributed by atoms with van der Waals surface area (Å²) in [5, 5.41) is 9.23. The Balaban J connectivity index is 1.18. The Bertz CT molecular complexity index is 2760. The number of fused-ring (bicyclic) bond motifs is 9. The van der Waals surface area contributed by atoms with E-state index < -0.39 is 0 Å². The van der Waals surface area contributed by atoms with Crippen LogP contribution in [-0.4, -0.2) is 9.13 Å². The van der Waals surface area contributed by atoms with E-state index in [4.69, 9.17) is 0 Å². The van der Waals surface area contributed by atoms with Crippen LogP contribution >= 0.6 is 11.3 Å². The summed E-state index contributed by atoms with van der Waals surface area (Å²) in [6, 6.07) is 49.2. The Morgan fingerprint density at radius 1 is 0.422 bits per heavy atom. The fourth-order valence-electron chi connectivity index (χ4n) is 7.52. The fraction of sp³-hybridized carbons (Fsp3) is 0.0476. The van der Waals surface area contributed by atoms with Crippen LogP contribution < -0.4 is 10.6 Å². The van der Waals surface area contributed by atoms with Gasteiger partial charge in [-0.3, -0.25) is 0 Å². The lowest BCUT2D eigenvalue weighted by Crippen LogP contribution is -2.30. The molecular weight excluding hydrogens is 565 g/mol. The van der Waals surface area contributed by atoms with Crippen molar-refractivity contribution in [2.24, 2.45) is 0 Å². The normalized spacial score (nSPS) is 13.1. The third-order valence-corrected chi connectivity index (χ3v) is 10.7. The first-order valence-corrected chi connectivity index (χ1v) is 16.5. The molecule has 0 spiro atoms. The number of hydrogen-bond donors (Lipinski definition) is 0. The van der Waals surface area contributed by atoms with Gasteiger partial charge in [0.05, 0.1) is 16.6 Å². The lowest BCUT2D eigenvalue weighted by atomic mass is 10.0. The third-order valence-electron chi connectivity index (χ3n) is 9.54. The van der Waals surface area contributed by atoms with Gasteiger partial charge < -0.3 is 9.13 Å². The van der Waals surface area contributed by atoms with Gasteiger partial charge in [0, 0.05) is 58.3 Å². The molecule has 0 saturated carbocycles. The zero-order valence-corrected chi connectivity index (χ0v) is 25.4. The molecule has 0 aliphatic heterocycles. The van der Waals surface area contributed by atoms with Crippen molar-refractivity contribution in [1.82, 2.24) is 9.13 Å². The molecule has 0 bridgehead atoms. The van der Waals surface area contributed by atoms with Crippen LogP contribution in [0.1, 0.15) is 12.8 Å². The summed E-state index contributed by atoms with van der Waals surface area (Å²) in [7, 11) is 0. The van der Waals surface area contributed by atoms with Gasteiger partial charge in [-0.15, -0.1) is 11.3 Å². The predicted molar refractivity (Wildman–Crippen MR) is 193 cm³/mol. The van der Waals surface area contributed by atoms with E-state index in [9.17, 15) is 0 Å². The van der Waals surface area contributed by atoms with Crippen LogP contribution in [0.2, 0.25) is 0 Å². The number of thiophene rings is 1. The van der Waals surface area contributed by atoms with E-state index in [1.54, 1.807) is 0 Å². The SMILES string of the molecule is C1=c2c(n(-c3ccc4sc5ccccc5c4c3)c3ccc(-c4ccc5c(c4)c4ccccc4n5-c4ccccc4)cc23)=CCC1. The molecule has 1 aliphatic carbocycles. The van der Waals surface area contributed by atoms with Crippen molar-refractivity contribution in [2.45, 2.75) is 12.8 Å². The van der Waals surface area contributed by atoms with E-state index in [-0.39, 0.29) is 0 Å². The van der Waals surface area contributed by atoms with Gasteiger partial charge in [-0.05, 0) is 90.7 Å². The number of aromatic nitrogens is 2. The smallest absolute Gasteiger partial charge is 0.0541 e. The van der Waals surface area contributed by atoms with Crippen molar-refractivity contribution in [2.75, 3.05) is 0 Å². The molecule has 0 atom stereocenters. The number of rotatable bonds is 3. The Labute approximate surface area is 264 Å². The molecule has 10 rings (SSSR count). The van der Waals surface area contributed by atoms with Gasteiger partial charge in [0.2, 0.25) is 0 Å². The molecule has 0 saturated heterocycles. The van der Waals surface area contributed by atoms with Crippen LogP contribution in [0.25, 0.3) is 87.5 Å². The quantitative estimate of drug-likeness (QED) is 0.193. The highest BCUT2D eigenvalue weighted by Crippen LogP contribution is 2.37. The molecule has 0 radical (unpaired) electrons. The highest BCUT2D eigenvalue weighted by atomic mass is 32.1. The molecule has 0 fully saturated rings. The summed E-state index contributed by atoms with van der Waals surface area (Å²) >= 11 is 1.88. The molecule has 9 aromatic rings. The van der Waals surface area contributed by atoms with E-state index in [1.165, 1.54) is 86.0 Å². The van der Waals surface area contributed by atoms with Crippen LogP contribution in [0.3, 0.4) is 0 Å². The van der Waals surface area contributed by atoms with Crippen molar-refractivity contribution in [1.29, 1.82) is 0 Å². The average molecular weight is 593 g/mol. The van der Waals surface area contributed by atoms with E-state index >= 15 is 0 Å². The van der Waals surface area contributed by atoms with Gasteiger partial charge in [0.15, 0.2) is 0 Å². The number of nitrogens with zero attached hydrogens (tertiary/aromatic N) is 2. The maximum absolute atomic E-state index is 2.48. The molecule has 212 valence electrons. The molecule has 3 aromatic heterocycles. The Morgan fingerprint density at radius 3 is 1.96 bits per heavy atom. The van der Waals surface area contributed by atoms with Crippen LogP contribution in [0, 0.1) is 0 Å². The number of para-hydroxylation sites is 2. The van der Waals surface area contributed by atoms with E-state index in [1.807, 2.05) is 11.3 Å². The van der Waals surface area contributed by atoms with Crippen molar-refractivity contribution >= 4 is 76.4 Å². The van der Waals surface area contributed by atoms with Crippen molar-refractivity contribution in [3.8, 4) is 22.5 Å². The summed E-state index contributed by atoms with van der Waals surface area (Å²) in [4.78, 5) is 0. The highest BCUT2D eigenvalue weighted by molar-refractivity contribution is 7.25. The third kappa shape index (κ3) is 3.68. The minimum Gasteiger partial charge on any atom is -0.310 e. The molecule has 6 aromatic carbocycles. The molecule has 0 amide bonds. The molecule has 3 heterocycles. The van der Waals surface area contributed by atoms with Gasteiger partial charge in [0.25, 0.3) is 0 Å². The highest BCUT2D eigenvalue weighted by Gasteiger charge is 2.16. The van der Waals surface area contributed by atoms with Gasteiger partial charge >= 0.3 is 0 Å². The first-order valence-electron chi connectivity index (χ1n) is 15.7. The topological polar surface area (TPSA) is 9.86 Å². The van der Waals surface area contributed by atoms with Gasteiger partial charge in [0.1, 0.15) is 0 Å². The number of hydrogen-bond acceptors (Lipinski definition) is 1. The average Bonchev–Trinajstić information content (AvgIpc) is 3.75. The van der Waals surface area contributed by atoms with E-state index in [0.717, 1.165) is 12.8 Å². The fourth-order valence-corrected chi connectivity index (χ4v) is 8.60. The Kier molecular flexibility index (Phi) is 5.31. The van der Waals surface area contributed by atoms with Crippen molar-refractivity contribution < 1.29 is 0 Å². The van der Waals surface area contributed by atoms with E-state index in [2.05, 4.69) is 155 Å². The zero-order chi connectivity index (χ0) is 29.5. The van der Waals surface area contributed by atoms with Crippen molar-refractivity contribution in [3.05, 3.63) is 144 Å². The zero-order valence-electron chi connectivity index (χ0n) is 24.6. The molecule has 0 N–H and O–H groups in total. The van der Waals surface area contributed by atoms with Gasteiger partial charge in [-0.2, -0.15) is 0 Å². The lowest BCUT2D eigenvalue weighted by Gasteiger charge is -2.09. The summed E-state index contributed by atoms with van der Waals surface area (Å²) in [6.07, 6.45) is 7.01. The molecule has 2 nitrogen and oxygen atoms in total. The largest absolute Gasteiger partial charge is 0.310 e. The summed E-state index contributed by atoms with van der Waals surface area (Å²) in [5.41, 5.74) is 8.64. The Morgan fingerprint density at radius 2 is 1.09 bits per heavy atom. The monoisotopic (exact) mass is 592 g/mol. The molecule has 3 heteroatoms. The van der Waals surface area contributed by atoms with Crippen LogP contribution in [0.15, 0.2) is 133 Å². The molecular formula is C42H28N2S. The predicted octanol–water partition coefficient (Wildman–Crippen LogP) is 10.1. The van der Waals surface area contributed by atoms with E-state index in [0.29, 0.717) is 0 Å². The molecule has 0 unspecified atom stereocenters. The van der Waals surface area contributed by atoms with Crippen LogP contribution in [0.5, 0.6) is 0 Å². The Hall–Kier alpha value is -5.38. The standard InChI is InChI=1S/C42H28N2S/c1-2-10-29(11-3-1)43-37-15-7-4-12-31(37)34-24-27(18-21-39(34)43)28-19-22-40-35(25-28)32-13-5-8-16-38(32)44(40)30-20-23-42-36(26-30)33-14-6-9-17-41(33)45-42/h1-4,6-7,9-26H,5,8H2. The molecule has 1 aliphatic rings. The van der Waals surface area contributed by atoms with Crippen LogP contribution in [-0.2, 0) is 0 Å². The minimum atomic E-state index is 1.07. The minimum absolute atomic E-state index is 1.07. The van der Waals surface area contributed by atoms with Crippen molar-refractivity contribution in [3.63, 3.8) is 0 Å². The van der Waals surface area contributed by atoms with Crippen LogP contribution in [0.4, 0.5) is 0 Å². The summed E-state index contributed by atoms with van der Waals surface area (Å²) in [6.45, 7) is 0. The second-order valence-corrected chi connectivity index (χ2v) is 13.1. The van der Waals surface area contributed by atoms with Gasteiger partial charge in [-0.25, -0.2) is 0 Å². The summed E-state index contributed by atoms with van der Waals surface area (Å²) < 4.78 is 7.55. The second-order valence-electron chi connectivity index (χ2n) is 12.1. The van der Waals surface area contributed by atoms with Gasteiger partial charge in [-0.1, -0.05) is 78.9 Å². The number of benzene rings is 6. The second kappa shape index (κ2) is 9.56. The maximum Gasteiger partial charge on any atom is 0.0541 e. The summed E-state index contributed by atoms with van der Waals surface area (Å²) in [5.74, 6) is 0. The molecule has 45 heavy (non-hydrogen) atoms. The lowest BCUT2D eigenvalue weighted by molar-refractivity contribution is 1.03. The first kappa shape index (κ1) is 25.0. The maximum atomic E-state index is 2.48.